The number of benzene rings is 2. The maximum Gasteiger partial charge on any atom is 0.230 e. The summed E-state index contributed by atoms with van der Waals surface area (Å²) >= 11 is 0. The van der Waals surface area contributed by atoms with Gasteiger partial charge in [0.2, 0.25) is 7.83 Å². The molecular formula is C16H22OSi3. The molecule has 1 heterocycles. The molecule has 0 spiro atoms. The summed E-state index contributed by atoms with van der Waals surface area (Å²) in [7, 11) is -2.53. The van der Waals surface area contributed by atoms with Gasteiger partial charge in [0.15, 0.2) is 0 Å². The van der Waals surface area contributed by atoms with Gasteiger partial charge in [0.25, 0.3) is 0 Å². The zero-order chi connectivity index (χ0) is 14.0. The summed E-state index contributed by atoms with van der Waals surface area (Å²) in [4.78, 5) is 0. The van der Waals surface area contributed by atoms with Crippen LogP contribution in [0.1, 0.15) is 6.92 Å². The van der Waals surface area contributed by atoms with E-state index in [0.29, 0.717) is 6.10 Å². The third kappa shape index (κ3) is 2.61. The minimum Gasteiger partial charge on any atom is -0.409 e. The summed E-state index contributed by atoms with van der Waals surface area (Å²) in [5.74, 6) is 0. The molecule has 0 amide bonds. The molecule has 3 rings (SSSR count). The molecule has 4 heteroatoms. The van der Waals surface area contributed by atoms with Crippen molar-refractivity contribution in [3.05, 3.63) is 60.7 Å². The van der Waals surface area contributed by atoms with Gasteiger partial charge in [-0.2, -0.15) is 0 Å². The van der Waals surface area contributed by atoms with Gasteiger partial charge in [-0.25, -0.2) is 0 Å². The monoisotopic (exact) mass is 314 g/mol. The van der Waals surface area contributed by atoms with Gasteiger partial charge in [-0.15, -0.1) is 0 Å². The molecule has 0 aliphatic carbocycles. The minimum atomic E-state index is -1.86. The summed E-state index contributed by atoms with van der Waals surface area (Å²) in [5.41, 5.74) is 0. The molecule has 0 aromatic heterocycles. The van der Waals surface area contributed by atoms with Crippen molar-refractivity contribution < 1.29 is 4.43 Å². The number of hydrogen-bond donors (Lipinski definition) is 0. The fraction of sp³-hybridized carbons (Fsp3) is 0.250. The fourth-order valence-electron chi connectivity index (χ4n) is 3.53. The molecule has 20 heavy (non-hydrogen) atoms. The van der Waals surface area contributed by atoms with Gasteiger partial charge < -0.3 is 4.43 Å². The van der Waals surface area contributed by atoms with E-state index in [2.05, 4.69) is 74.1 Å². The first kappa shape index (κ1) is 14.0. The van der Waals surface area contributed by atoms with Crippen LogP contribution in [0.4, 0.5) is 0 Å². The third-order valence-corrected chi connectivity index (χ3v) is 29.5. The van der Waals surface area contributed by atoms with E-state index in [-0.39, 0.29) is 8.55 Å². The Bertz CT molecular complexity index is 507. The van der Waals surface area contributed by atoms with E-state index < -0.39 is 16.1 Å². The average molecular weight is 315 g/mol. The SMILES string of the molecule is CC1C[SiH](C)[SiH2][Si](c2ccccc2)(c2ccccc2)O1. The molecule has 1 fully saturated rings. The summed E-state index contributed by atoms with van der Waals surface area (Å²) in [6.07, 6.45) is 0.449. The Labute approximate surface area is 126 Å². The van der Waals surface area contributed by atoms with Crippen molar-refractivity contribution in [3.63, 3.8) is 0 Å². The van der Waals surface area contributed by atoms with Crippen molar-refractivity contribution in [3.8, 4) is 0 Å². The van der Waals surface area contributed by atoms with Crippen LogP contribution in [-0.2, 0) is 4.43 Å². The topological polar surface area (TPSA) is 9.23 Å². The zero-order valence-corrected chi connectivity index (χ0v) is 15.8. The quantitative estimate of drug-likeness (QED) is 0.757. The van der Waals surface area contributed by atoms with Crippen LogP contribution in [0.15, 0.2) is 60.7 Å². The van der Waals surface area contributed by atoms with Gasteiger partial charge >= 0.3 is 0 Å². The molecule has 2 atom stereocenters. The van der Waals surface area contributed by atoms with Crippen LogP contribution < -0.4 is 10.4 Å². The molecule has 0 N–H and O–H groups in total. The summed E-state index contributed by atoms with van der Waals surface area (Å²) in [6, 6.07) is 23.6. The standard InChI is InChI=1S/C16H22OSi3/c1-14-13-19(2)18-20(17-14,15-9-5-3-6-10-15)16-11-7-4-8-12-16/h3-12,14,19H,13,18H2,1-2H3. The van der Waals surface area contributed by atoms with Crippen LogP contribution >= 0.6 is 0 Å². The maximum atomic E-state index is 6.75. The molecule has 104 valence electrons. The van der Waals surface area contributed by atoms with E-state index in [0.717, 1.165) is 0 Å². The van der Waals surface area contributed by atoms with E-state index in [1.807, 2.05) is 0 Å². The molecule has 2 aromatic rings. The minimum absolute atomic E-state index is 0.133. The van der Waals surface area contributed by atoms with Crippen LogP contribution in [0.2, 0.25) is 12.6 Å². The predicted octanol–water partition coefficient (Wildman–Crippen LogP) is 1.18. The van der Waals surface area contributed by atoms with Gasteiger partial charge in [-0.3, -0.25) is 0 Å². The highest BCUT2D eigenvalue weighted by molar-refractivity contribution is 7.53. The summed E-state index contributed by atoms with van der Waals surface area (Å²) < 4.78 is 6.75. The average Bonchev–Trinajstić information content (AvgIpc) is 2.48. The second-order valence-corrected chi connectivity index (χ2v) is 24.2. The lowest BCUT2D eigenvalue weighted by Crippen LogP contribution is -2.72. The van der Waals surface area contributed by atoms with Crippen molar-refractivity contribution in [1.29, 1.82) is 0 Å². The Hall–Kier alpha value is -0.949. The highest BCUT2D eigenvalue weighted by atomic mass is 29.6. The van der Waals surface area contributed by atoms with E-state index in [9.17, 15) is 0 Å². The van der Waals surface area contributed by atoms with Gasteiger partial charge in [-0.1, -0.05) is 67.2 Å². The van der Waals surface area contributed by atoms with Crippen LogP contribution in [-0.4, -0.2) is 30.8 Å². The Morgan fingerprint density at radius 3 is 1.95 bits per heavy atom. The summed E-state index contributed by atoms with van der Waals surface area (Å²) in [5, 5.41) is 3.01. The Morgan fingerprint density at radius 2 is 1.50 bits per heavy atom. The van der Waals surface area contributed by atoms with Crippen molar-refractivity contribution in [1.82, 2.24) is 0 Å². The van der Waals surface area contributed by atoms with Crippen LogP contribution in [0.5, 0.6) is 0 Å². The van der Waals surface area contributed by atoms with E-state index in [1.165, 1.54) is 16.4 Å². The smallest absolute Gasteiger partial charge is 0.230 e. The van der Waals surface area contributed by atoms with Crippen molar-refractivity contribution in [2.45, 2.75) is 25.6 Å². The van der Waals surface area contributed by atoms with Gasteiger partial charge in [0.05, 0.1) is 8.55 Å². The Balaban J connectivity index is 2.13. The molecule has 1 aliphatic rings. The zero-order valence-electron chi connectivity index (χ0n) is 12.3. The maximum absolute atomic E-state index is 6.75. The van der Waals surface area contributed by atoms with E-state index in [4.69, 9.17) is 4.43 Å². The largest absolute Gasteiger partial charge is 0.409 e. The normalized spacial score (nSPS) is 26.5. The van der Waals surface area contributed by atoms with Crippen LogP contribution in [0, 0.1) is 0 Å². The lowest BCUT2D eigenvalue weighted by Gasteiger charge is -2.41. The van der Waals surface area contributed by atoms with Crippen molar-refractivity contribution in [2.24, 2.45) is 0 Å². The first-order valence-electron chi connectivity index (χ1n) is 7.49. The molecule has 1 saturated heterocycles. The molecule has 0 bridgehead atoms. The predicted molar refractivity (Wildman–Crippen MR) is 94.8 cm³/mol. The van der Waals surface area contributed by atoms with Crippen LogP contribution in [0.25, 0.3) is 0 Å². The molecule has 2 unspecified atom stereocenters. The van der Waals surface area contributed by atoms with E-state index in [1.54, 1.807) is 0 Å². The van der Waals surface area contributed by atoms with E-state index >= 15 is 0 Å². The number of rotatable bonds is 2. The lowest BCUT2D eigenvalue weighted by molar-refractivity contribution is 0.245. The first-order chi connectivity index (χ1) is 9.71. The summed E-state index contributed by atoms with van der Waals surface area (Å²) in [6.45, 7) is 4.85. The molecule has 0 radical (unpaired) electrons. The Morgan fingerprint density at radius 1 is 1.00 bits per heavy atom. The van der Waals surface area contributed by atoms with Gasteiger partial charge in [0, 0.05) is 14.4 Å². The lowest BCUT2D eigenvalue weighted by atomic mass is 10.4. The third-order valence-electron chi connectivity index (χ3n) is 4.25. The second-order valence-electron chi connectivity index (χ2n) is 6.03. The molecule has 1 aliphatic heterocycles. The molecular weight excluding hydrogens is 292 g/mol. The van der Waals surface area contributed by atoms with Gasteiger partial charge in [-0.05, 0) is 23.3 Å². The highest BCUT2D eigenvalue weighted by Gasteiger charge is 2.45. The highest BCUT2D eigenvalue weighted by Crippen LogP contribution is 2.19. The van der Waals surface area contributed by atoms with Gasteiger partial charge in [0.1, 0.15) is 0 Å². The first-order valence-corrected chi connectivity index (χ1v) is 17.0. The van der Waals surface area contributed by atoms with Crippen molar-refractivity contribution in [2.75, 3.05) is 0 Å². The fourth-order valence-corrected chi connectivity index (χ4v) is 33.8. The molecule has 0 saturated carbocycles. The Kier molecular flexibility index (Phi) is 4.07. The second kappa shape index (κ2) is 5.81. The molecule has 2 aromatic carbocycles. The molecule has 1 nitrogen and oxygen atoms in total. The van der Waals surface area contributed by atoms with Crippen molar-refractivity contribution >= 4 is 35.1 Å². The van der Waals surface area contributed by atoms with Crippen LogP contribution in [0.3, 0.4) is 0 Å². The number of hydrogen-bond acceptors (Lipinski definition) is 1.